The Morgan fingerprint density at radius 1 is 1.31 bits per heavy atom. The van der Waals surface area contributed by atoms with Crippen molar-refractivity contribution in [1.82, 2.24) is 14.5 Å². The van der Waals surface area contributed by atoms with E-state index in [0.29, 0.717) is 0 Å². The third-order valence-corrected chi connectivity index (χ3v) is 2.55. The highest BCUT2D eigenvalue weighted by Crippen LogP contribution is 2.22. The van der Waals surface area contributed by atoms with Crippen molar-refractivity contribution >= 4 is 31.9 Å². The van der Waals surface area contributed by atoms with Crippen LogP contribution in [0.15, 0.2) is 39.9 Å². The topological polar surface area (TPSA) is 30.7 Å². The molecule has 2 heterocycles. The quantitative estimate of drug-likeness (QED) is 0.811. The standard InChI is InChI=1S/C8H5Br2N3/c9-6-3-7(10)8(12-4-6)13-2-1-11-5-13/h1-5H. The SMILES string of the molecule is Brc1cnc(-n2ccnc2)c(Br)c1. The molecule has 2 aromatic rings. The zero-order chi connectivity index (χ0) is 9.26. The molecule has 0 saturated heterocycles. The maximum absolute atomic E-state index is 4.25. The highest BCUT2D eigenvalue weighted by molar-refractivity contribution is 9.11. The predicted molar refractivity (Wildman–Crippen MR) is 56.8 cm³/mol. The van der Waals surface area contributed by atoms with Gasteiger partial charge in [0.25, 0.3) is 0 Å². The molecule has 2 aromatic heterocycles. The minimum Gasteiger partial charge on any atom is -0.290 e. The van der Waals surface area contributed by atoms with E-state index in [1.807, 2.05) is 16.8 Å². The lowest BCUT2D eigenvalue weighted by molar-refractivity contribution is 0.981. The maximum Gasteiger partial charge on any atom is 0.152 e. The fourth-order valence-electron chi connectivity index (χ4n) is 0.982. The van der Waals surface area contributed by atoms with Gasteiger partial charge >= 0.3 is 0 Å². The summed E-state index contributed by atoms with van der Waals surface area (Å²) >= 11 is 6.77. The van der Waals surface area contributed by atoms with Gasteiger partial charge in [0.15, 0.2) is 5.82 Å². The van der Waals surface area contributed by atoms with Gasteiger partial charge < -0.3 is 0 Å². The maximum atomic E-state index is 4.25. The van der Waals surface area contributed by atoms with Gasteiger partial charge in [-0.05, 0) is 37.9 Å². The summed E-state index contributed by atoms with van der Waals surface area (Å²) in [5, 5.41) is 0. The van der Waals surface area contributed by atoms with Crippen molar-refractivity contribution in [1.29, 1.82) is 0 Å². The number of imidazole rings is 1. The molecule has 3 nitrogen and oxygen atoms in total. The molecule has 0 aliphatic carbocycles. The zero-order valence-corrected chi connectivity index (χ0v) is 9.66. The average molecular weight is 303 g/mol. The van der Waals surface area contributed by atoms with Gasteiger partial charge in [0, 0.05) is 23.1 Å². The van der Waals surface area contributed by atoms with Gasteiger partial charge in [0.05, 0.1) is 4.47 Å². The molecule has 66 valence electrons. The molecule has 0 radical (unpaired) electrons. The number of hydrogen-bond acceptors (Lipinski definition) is 2. The summed E-state index contributed by atoms with van der Waals surface area (Å²) in [5.74, 6) is 0.834. The van der Waals surface area contributed by atoms with E-state index in [-0.39, 0.29) is 0 Å². The summed E-state index contributed by atoms with van der Waals surface area (Å²) in [5.41, 5.74) is 0. The molecule has 0 amide bonds. The van der Waals surface area contributed by atoms with Crippen molar-refractivity contribution in [3.63, 3.8) is 0 Å². The first-order valence-corrected chi connectivity index (χ1v) is 5.15. The molecule has 0 aliphatic heterocycles. The Kier molecular flexibility index (Phi) is 2.46. The molecule has 0 fully saturated rings. The highest BCUT2D eigenvalue weighted by Gasteiger charge is 2.02. The summed E-state index contributed by atoms with van der Waals surface area (Å²) in [4.78, 5) is 8.20. The lowest BCUT2D eigenvalue weighted by atomic mass is 10.4. The molecule has 5 heteroatoms. The Morgan fingerprint density at radius 2 is 2.15 bits per heavy atom. The third-order valence-electron chi connectivity index (χ3n) is 1.54. The van der Waals surface area contributed by atoms with Gasteiger partial charge in [-0.1, -0.05) is 0 Å². The van der Waals surface area contributed by atoms with Crippen LogP contribution in [-0.4, -0.2) is 14.5 Å². The summed E-state index contributed by atoms with van der Waals surface area (Å²) < 4.78 is 3.72. The van der Waals surface area contributed by atoms with E-state index >= 15 is 0 Å². The van der Waals surface area contributed by atoms with Crippen molar-refractivity contribution in [3.8, 4) is 5.82 Å². The highest BCUT2D eigenvalue weighted by atomic mass is 79.9. The van der Waals surface area contributed by atoms with E-state index in [4.69, 9.17) is 0 Å². The van der Waals surface area contributed by atoms with E-state index < -0.39 is 0 Å². The minimum absolute atomic E-state index is 0.834. The van der Waals surface area contributed by atoms with Gasteiger partial charge in [0.1, 0.15) is 6.33 Å². The van der Waals surface area contributed by atoms with Crippen LogP contribution in [-0.2, 0) is 0 Å². The van der Waals surface area contributed by atoms with Crippen LogP contribution in [0.25, 0.3) is 5.82 Å². The Morgan fingerprint density at radius 3 is 2.77 bits per heavy atom. The van der Waals surface area contributed by atoms with Crippen LogP contribution in [0, 0.1) is 0 Å². The first-order chi connectivity index (χ1) is 6.27. The van der Waals surface area contributed by atoms with Gasteiger partial charge in [0.2, 0.25) is 0 Å². The molecule has 0 unspecified atom stereocenters. The number of hydrogen-bond donors (Lipinski definition) is 0. The second kappa shape index (κ2) is 3.59. The van der Waals surface area contributed by atoms with Crippen LogP contribution in [0.5, 0.6) is 0 Å². The van der Waals surface area contributed by atoms with Crippen LogP contribution < -0.4 is 0 Å². The van der Waals surface area contributed by atoms with E-state index in [1.165, 1.54) is 0 Å². The minimum atomic E-state index is 0.834. The molecule has 0 bridgehead atoms. The number of nitrogens with zero attached hydrogens (tertiary/aromatic N) is 3. The van der Waals surface area contributed by atoms with Crippen molar-refractivity contribution in [2.24, 2.45) is 0 Å². The Balaban J connectivity index is 2.53. The lowest BCUT2D eigenvalue weighted by Crippen LogP contribution is -1.94. The van der Waals surface area contributed by atoms with Crippen molar-refractivity contribution in [3.05, 3.63) is 39.9 Å². The number of rotatable bonds is 1. The van der Waals surface area contributed by atoms with Gasteiger partial charge in [-0.15, -0.1) is 0 Å². The molecule has 0 aliphatic rings. The largest absolute Gasteiger partial charge is 0.290 e. The predicted octanol–water partition coefficient (Wildman–Crippen LogP) is 2.79. The fraction of sp³-hybridized carbons (Fsp3) is 0. The Hall–Kier alpha value is -0.680. The van der Waals surface area contributed by atoms with Crippen molar-refractivity contribution < 1.29 is 0 Å². The van der Waals surface area contributed by atoms with Crippen LogP contribution in [0.1, 0.15) is 0 Å². The molecular weight excluding hydrogens is 298 g/mol. The molecule has 13 heavy (non-hydrogen) atoms. The summed E-state index contributed by atoms with van der Waals surface area (Å²) in [6.45, 7) is 0. The average Bonchev–Trinajstić information content (AvgIpc) is 2.56. The van der Waals surface area contributed by atoms with Crippen LogP contribution in [0.2, 0.25) is 0 Å². The van der Waals surface area contributed by atoms with Gasteiger partial charge in [-0.3, -0.25) is 4.57 Å². The van der Waals surface area contributed by atoms with E-state index in [1.54, 1.807) is 18.7 Å². The Labute approximate surface area is 92.1 Å². The number of halogens is 2. The van der Waals surface area contributed by atoms with E-state index in [0.717, 1.165) is 14.8 Å². The second-order valence-electron chi connectivity index (χ2n) is 2.43. The summed E-state index contributed by atoms with van der Waals surface area (Å²) in [6, 6.07) is 1.95. The van der Waals surface area contributed by atoms with Crippen molar-refractivity contribution in [2.75, 3.05) is 0 Å². The molecule has 2 rings (SSSR count). The van der Waals surface area contributed by atoms with Gasteiger partial charge in [-0.2, -0.15) is 0 Å². The first kappa shape index (κ1) is 8.90. The molecular formula is C8H5Br2N3. The zero-order valence-electron chi connectivity index (χ0n) is 6.48. The van der Waals surface area contributed by atoms with Crippen LogP contribution in [0.4, 0.5) is 0 Å². The summed E-state index contributed by atoms with van der Waals surface area (Å²) in [6.07, 6.45) is 7.03. The number of pyridine rings is 1. The fourth-order valence-corrected chi connectivity index (χ4v) is 2.17. The second-order valence-corrected chi connectivity index (χ2v) is 4.20. The van der Waals surface area contributed by atoms with Crippen LogP contribution >= 0.6 is 31.9 Å². The Bertz CT molecular complexity index is 411. The summed E-state index contributed by atoms with van der Waals surface area (Å²) in [7, 11) is 0. The molecule has 0 spiro atoms. The monoisotopic (exact) mass is 301 g/mol. The smallest absolute Gasteiger partial charge is 0.152 e. The van der Waals surface area contributed by atoms with E-state index in [9.17, 15) is 0 Å². The van der Waals surface area contributed by atoms with Crippen molar-refractivity contribution in [2.45, 2.75) is 0 Å². The molecule has 0 saturated carbocycles. The third kappa shape index (κ3) is 1.81. The van der Waals surface area contributed by atoms with Gasteiger partial charge in [-0.25, -0.2) is 9.97 Å². The van der Waals surface area contributed by atoms with Crippen LogP contribution in [0.3, 0.4) is 0 Å². The number of aromatic nitrogens is 3. The molecule has 0 atom stereocenters. The lowest BCUT2D eigenvalue weighted by Gasteiger charge is -2.03. The molecule has 0 N–H and O–H groups in total. The normalized spacial score (nSPS) is 10.3. The van der Waals surface area contributed by atoms with E-state index in [2.05, 4.69) is 41.8 Å². The first-order valence-electron chi connectivity index (χ1n) is 3.57. The molecule has 0 aromatic carbocycles.